The zero-order chi connectivity index (χ0) is 18.0. The molecule has 2 fully saturated rings. The quantitative estimate of drug-likeness (QED) is 0.791. The van der Waals surface area contributed by atoms with Gasteiger partial charge in [0.15, 0.2) is 9.84 Å². The first-order valence-corrected chi connectivity index (χ1v) is 10.7. The minimum atomic E-state index is -2.98. The van der Waals surface area contributed by atoms with Crippen molar-refractivity contribution in [3.8, 4) is 0 Å². The van der Waals surface area contributed by atoms with Gasteiger partial charge in [-0.1, -0.05) is 18.2 Å². The Morgan fingerprint density at radius 3 is 2.36 bits per heavy atom. The van der Waals surface area contributed by atoms with Crippen molar-refractivity contribution in [2.24, 2.45) is 0 Å². The largest absolute Gasteiger partial charge is 0.369 e. The van der Waals surface area contributed by atoms with E-state index in [1.165, 1.54) is 5.69 Å². The maximum Gasteiger partial charge on any atom is 0.239 e. The Kier molecular flexibility index (Phi) is 5.34. The molecule has 0 saturated carbocycles. The SMILES string of the molecule is C[C@H](C(=O)N(C)[C@H]1CCS(=O)(=O)C1)N1CCN(c2ccccc2)CC1. The molecule has 0 aromatic heterocycles. The van der Waals surface area contributed by atoms with Crippen molar-refractivity contribution in [2.75, 3.05) is 49.6 Å². The molecule has 2 atom stereocenters. The van der Waals surface area contributed by atoms with Gasteiger partial charge in [-0.2, -0.15) is 0 Å². The van der Waals surface area contributed by atoms with Crippen LogP contribution in [0.3, 0.4) is 0 Å². The normalized spacial score (nSPS) is 24.9. The Balaban J connectivity index is 1.55. The molecule has 0 spiro atoms. The second kappa shape index (κ2) is 7.33. The zero-order valence-corrected chi connectivity index (χ0v) is 15.8. The van der Waals surface area contributed by atoms with Gasteiger partial charge in [-0.25, -0.2) is 8.42 Å². The third-order valence-electron chi connectivity index (χ3n) is 5.44. The summed E-state index contributed by atoms with van der Waals surface area (Å²) in [5.74, 6) is 0.318. The molecule has 2 aliphatic rings. The van der Waals surface area contributed by atoms with Gasteiger partial charge in [0, 0.05) is 45.0 Å². The fraction of sp³-hybridized carbons (Fsp3) is 0.611. The molecule has 1 amide bonds. The van der Waals surface area contributed by atoms with Crippen LogP contribution in [0, 0.1) is 0 Å². The van der Waals surface area contributed by atoms with Crippen LogP contribution in [-0.4, -0.2) is 80.9 Å². The molecule has 2 heterocycles. The fourth-order valence-corrected chi connectivity index (χ4v) is 5.49. The Labute approximate surface area is 150 Å². The minimum absolute atomic E-state index is 0.0234. The molecule has 1 aromatic carbocycles. The van der Waals surface area contributed by atoms with Gasteiger partial charge in [0.2, 0.25) is 5.91 Å². The van der Waals surface area contributed by atoms with Gasteiger partial charge >= 0.3 is 0 Å². The van der Waals surface area contributed by atoms with Crippen molar-refractivity contribution in [2.45, 2.75) is 25.4 Å². The van der Waals surface area contributed by atoms with Crippen molar-refractivity contribution in [3.05, 3.63) is 30.3 Å². The molecule has 138 valence electrons. The predicted molar refractivity (Wildman–Crippen MR) is 99.5 cm³/mol. The summed E-state index contributed by atoms with van der Waals surface area (Å²) in [6.45, 7) is 5.38. The lowest BCUT2D eigenvalue weighted by Gasteiger charge is -2.40. The summed E-state index contributed by atoms with van der Waals surface area (Å²) in [7, 11) is -1.24. The highest BCUT2D eigenvalue weighted by Crippen LogP contribution is 2.20. The molecule has 25 heavy (non-hydrogen) atoms. The Morgan fingerprint density at radius 1 is 1.16 bits per heavy atom. The van der Waals surface area contributed by atoms with E-state index in [1.807, 2.05) is 25.1 Å². The topological polar surface area (TPSA) is 60.9 Å². The highest BCUT2D eigenvalue weighted by atomic mass is 32.2. The van der Waals surface area contributed by atoms with Gasteiger partial charge in [-0.05, 0) is 25.5 Å². The molecule has 0 radical (unpaired) electrons. The van der Waals surface area contributed by atoms with Gasteiger partial charge in [-0.3, -0.25) is 9.69 Å². The van der Waals surface area contributed by atoms with Gasteiger partial charge in [0.05, 0.1) is 17.5 Å². The fourth-order valence-electron chi connectivity index (χ4n) is 3.72. The number of anilines is 1. The summed E-state index contributed by atoms with van der Waals surface area (Å²) in [5, 5.41) is 0. The van der Waals surface area contributed by atoms with Crippen molar-refractivity contribution < 1.29 is 13.2 Å². The molecule has 0 unspecified atom stereocenters. The third-order valence-corrected chi connectivity index (χ3v) is 7.19. The van der Waals surface area contributed by atoms with E-state index in [0.717, 1.165) is 26.2 Å². The van der Waals surface area contributed by atoms with Crippen LogP contribution in [0.1, 0.15) is 13.3 Å². The van der Waals surface area contributed by atoms with Crippen molar-refractivity contribution in [1.82, 2.24) is 9.80 Å². The number of carbonyl (C=O) groups excluding carboxylic acids is 1. The van der Waals surface area contributed by atoms with E-state index in [4.69, 9.17) is 0 Å². The number of sulfone groups is 1. The first-order valence-electron chi connectivity index (χ1n) is 8.88. The molecular weight excluding hydrogens is 338 g/mol. The summed E-state index contributed by atoms with van der Waals surface area (Å²) in [6.07, 6.45) is 0.555. The van der Waals surface area contributed by atoms with E-state index in [-0.39, 0.29) is 29.5 Å². The highest BCUT2D eigenvalue weighted by Gasteiger charge is 2.35. The lowest BCUT2D eigenvalue weighted by Crippen LogP contribution is -2.55. The predicted octanol–water partition coefficient (Wildman–Crippen LogP) is 0.843. The molecule has 0 aliphatic carbocycles. The molecule has 0 bridgehead atoms. The average molecular weight is 365 g/mol. The van der Waals surface area contributed by atoms with Crippen molar-refractivity contribution in [1.29, 1.82) is 0 Å². The minimum Gasteiger partial charge on any atom is -0.369 e. The van der Waals surface area contributed by atoms with Crippen LogP contribution in [-0.2, 0) is 14.6 Å². The summed E-state index contributed by atoms with van der Waals surface area (Å²) >= 11 is 0. The van der Waals surface area contributed by atoms with Gasteiger partial charge in [-0.15, -0.1) is 0 Å². The van der Waals surface area contributed by atoms with E-state index in [2.05, 4.69) is 21.9 Å². The van der Waals surface area contributed by atoms with Gasteiger partial charge in [0.1, 0.15) is 0 Å². The van der Waals surface area contributed by atoms with E-state index in [1.54, 1.807) is 11.9 Å². The number of amides is 1. The van der Waals surface area contributed by atoms with Crippen LogP contribution >= 0.6 is 0 Å². The number of para-hydroxylation sites is 1. The molecule has 6 nitrogen and oxygen atoms in total. The summed E-state index contributed by atoms with van der Waals surface area (Å²) in [5.41, 5.74) is 1.22. The number of likely N-dealkylation sites (N-methyl/N-ethyl adjacent to an activating group) is 1. The summed E-state index contributed by atoms with van der Waals surface area (Å²) < 4.78 is 23.3. The smallest absolute Gasteiger partial charge is 0.239 e. The standard InChI is InChI=1S/C18H27N3O3S/c1-15(18(22)19(2)17-8-13-25(23,24)14-17)20-9-11-21(12-10-20)16-6-4-3-5-7-16/h3-7,15,17H,8-14H2,1-2H3/t15-,17+/m1/s1. The number of hydrogen-bond acceptors (Lipinski definition) is 5. The van der Waals surface area contributed by atoms with Crippen molar-refractivity contribution >= 4 is 21.4 Å². The van der Waals surface area contributed by atoms with Crippen LogP contribution in [0.2, 0.25) is 0 Å². The Hall–Kier alpha value is -1.60. The molecule has 0 N–H and O–H groups in total. The number of benzene rings is 1. The first-order chi connectivity index (χ1) is 11.9. The third kappa shape index (κ3) is 4.15. The molecule has 2 saturated heterocycles. The summed E-state index contributed by atoms with van der Waals surface area (Å²) in [6, 6.07) is 9.92. The molecule has 7 heteroatoms. The van der Waals surface area contributed by atoms with Crippen molar-refractivity contribution in [3.63, 3.8) is 0 Å². The average Bonchev–Trinajstić information content (AvgIpc) is 3.00. The maximum atomic E-state index is 12.8. The van der Waals surface area contributed by atoms with Crippen LogP contribution < -0.4 is 4.90 Å². The van der Waals surface area contributed by atoms with Gasteiger partial charge < -0.3 is 9.80 Å². The second-order valence-corrected chi connectivity index (χ2v) is 9.27. The summed E-state index contributed by atoms with van der Waals surface area (Å²) in [4.78, 5) is 18.9. The van der Waals surface area contributed by atoms with E-state index < -0.39 is 9.84 Å². The van der Waals surface area contributed by atoms with Crippen LogP contribution in [0.25, 0.3) is 0 Å². The highest BCUT2D eigenvalue weighted by molar-refractivity contribution is 7.91. The van der Waals surface area contributed by atoms with Crippen LogP contribution in [0.4, 0.5) is 5.69 Å². The molecule has 3 rings (SSSR count). The number of hydrogen-bond donors (Lipinski definition) is 0. The first kappa shape index (κ1) is 18.2. The maximum absolute atomic E-state index is 12.8. The lowest BCUT2D eigenvalue weighted by atomic mass is 10.1. The molecule has 2 aliphatic heterocycles. The Morgan fingerprint density at radius 2 is 1.80 bits per heavy atom. The zero-order valence-electron chi connectivity index (χ0n) is 15.0. The monoisotopic (exact) mass is 365 g/mol. The molecule has 1 aromatic rings. The lowest BCUT2D eigenvalue weighted by molar-refractivity contribution is -0.136. The van der Waals surface area contributed by atoms with E-state index >= 15 is 0 Å². The number of rotatable bonds is 4. The number of carbonyl (C=O) groups is 1. The van der Waals surface area contributed by atoms with Crippen LogP contribution in [0.15, 0.2) is 30.3 Å². The van der Waals surface area contributed by atoms with Gasteiger partial charge in [0.25, 0.3) is 0 Å². The van der Waals surface area contributed by atoms with Crippen LogP contribution in [0.5, 0.6) is 0 Å². The van der Waals surface area contributed by atoms with E-state index in [9.17, 15) is 13.2 Å². The second-order valence-electron chi connectivity index (χ2n) is 7.04. The number of piperazine rings is 1. The number of nitrogens with zero attached hydrogens (tertiary/aromatic N) is 3. The van der Waals surface area contributed by atoms with E-state index in [0.29, 0.717) is 6.42 Å². The Bertz CT molecular complexity index is 700. The molecular formula is C18H27N3O3S.